The number of carboxylic acids is 1. The molecule has 0 aliphatic carbocycles. The second-order valence-corrected chi connectivity index (χ2v) is 9.04. The van der Waals surface area contributed by atoms with E-state index in [0.29, 0.717) is 24.6 Å². The zero-order valence-corrected chi connectivity index (χ0v) is 19.9. The summed E-state index contributed by atoms with van der Waals surface area (Å²) in [5.74, 6) is 0.0624. The number of H-pyrrole nitrogens is 1. The van der Waals surface area contributed by atoms with Gasteiger partial charge in [0.1, 0.15) is 17.7 Å². The predicted octanol–water partition coefficient (Wildman–Crippen LogP) is 1.49. The summed E-state index contributed by atoms with van der Waals surface area (Å²) in [7, 11) is 0. The number of carboxylic acid groups (broad SMARTS) is 1. The number of nitrogens with zero attached hydrogens (tertiary/aromatic N) is 4. The molecular formula is C23H39N7O3. The van der Waals surface area contributed by atoms with E-state index in [1.54, 1.807) is 12.4 Å². The Morgan fingerprint density at radius 2 is 2.09 bits per heavy atom. The van der Waals surface area contributed by atoms with Crippen molar-refractivity contribution in [2.45, 2.75) is 71.2 Å². The minimum Gasteiger partial charge on any atom is -0.477 e. The van der Waals surface area contributed by atoms with Gasteiger partial charge in [0, 0.05) is 38.1 Å². The number of piperidine rings is 1. The highest BCUT2D eigenvalue weighted by Crippen LogP contribution is 2.36. The van der Waals surface area contributed by atoms with Gasteiger partial charge in [-0.2, -0.15) is 0 Å². The highest BCUT2D eigenvalue weighted by atomic mass is 16.4. The van der Waals surface area contributed by atoms with Gasteiger partial charge in [0.2, 0.25) is 5.91 Å². The van der Waals surface area contributed by atoms with Crippen molar-refractivity contribution >= 4 is 11.9 Å². The lowest BCUT2D eigenvalue weighted by atomic mass is 9.95. The minimum absolute atomic E-state index is 0.00786. The normalized spacial score (nSPS) is 21.2. The van der Waals surface area contributed by atoms with Gasteiger partial charge in [-0.25, -0.2) is 9.78 Å². The van der Waals surface area contributed by atoms with E-state index in [0.717, 1.165) is 57.7 Å². The Balaban J connectivity index is 1.72. The van der Waals surface area contributed by atoms with Crippen LogP contribution in [0.3, 0.4) is 0 Å². The van der Waals surface area contributed by atoms with Crippen LogP contribution in [0.25, 0.3) is 0 Å². The van der Waals surface area contributed by atoms with E-state index in [1.165, 1.54) is 0 Å². The van der Waals surface area contributed by atoms with Gasteiger partial charge in [-0.1, -0.05) is 13.8 Å². The molecule has 1 saturated heterocycles. The molecule has 1 aromatic heterocycles. The van der Waals surface area contributed by atoms with E-state index < -0.39 is 5.97 Å². The molecule has 5 N–H and O–H groups in total. The first-order valence-corrected chi connectivity index (χ1v) is 12.1. The second-order valence-electron chi connectivity index (χ2n) is 9.04. The lowest BCUT2D eigenvalue weighted by molar-refractivity contribution is -0.136. The van der Waals surface area contributed by atoms with Crippen molar-refractivity contribution in [1.29, 1.82) is 0 Å². The zero-order chi connectivity index (χ0) is 23.8. The Bertz CT molecular complexity index is 792. The number of carbonyl (C=O) groups excluding carboxylic acids is 1. The molecule has 10 nitrogen and oxygen atoms in total. The molecule has 0 spiro atoms. The molecule has 1 aromatic rings. The molecule has 10 heteroatoms. The number of aromatic amines is 1. The lowest BCUT2D eigenvalue weighted by Crippen LogP contribution is -2.56. The monoisotopic (exact) mass is 461 g/mol. The number of aromatic nitrogens is 2. The van der Waals surface area contributed by atoms with Crippen LogP contribution in [0.15, 0.2) is 24.3 Å². The van der Waals surface area contributed by atoms with Gasteiger partial charge in [0.15, 0.2) is 0 Å². The maximum atomic E-state index is 12.3. The third kappa shape index (κ3) is 6.48. The van der Waals surface area contributed by atoms with Crippen molar-refractivity contribution in [3.05, 3.63) is 30.1 Å². The van der Waals surface area contributed by atoms with Crippen LogP contribution in [0.2, 0.25) is 0 Å². The van der Waals surface area contributed by atoms with Gasteiger partial charge >= 0.3 is 5.97 Å². The molecule has 0 bridgehead atoms. The molecule has 0 radical (unpaired) electrons. The number of rotatable bonds is 14. The molecule has 2 aliphatic heterocycles. The number of nitrogens with two attached hydrogens (primary N) is 1. The Morgan fingerprint density at radius 3 is 2.70 bits per heavy atom. The molecule has 3 heterocycles. The van der Waals surface area contributed by atoms with Crippen LogP contribution in [0, 0.1) is 5.92 Å². The highest BCUT2D eigenvalue weighted by molar-refractivity contribution is 5.86. The minimum atomic E-state index is -0.922. The Hall–Kier alpha value is -2.59. The summed E-state index contributed by atoms with van der Waals surface area (Å²) in [6.07, 6.45) is 9.77. The molecule has 2 aliphatic rings. The van der Waals surface area contributed by atoms with Crippen LogP contribution in [-0.4, -0.2) is 80.2 Å². The van der Waals surface area contributed by atoms with Crippen LogP contribution in [0.5, 0.6) is 0 Å². The molecule has 33 heavy (non-hydrogen) atoms. The van der Waals surface area contributed by atoms with Crippen molar-refractivity contribution in [2.75, 3.05) is 26.2 Å². The van der Waals surface area contributed by atoms with Gasteiger partial charge in [0.25, 0.3) is 0 Å². The number of fused-ring (bicyclic) bond motifs is 1. The number of nitrogens with one attached hydrogen (secondary N) is 2. The summed E-state index contributed by atoms with van der Waals surface area (Å²) in [6, 6.07) is 0. The number of aliphatic carboxylic acids is 1. The number of hydrogen-bond acceptors (Lipinski definition) is 7. The number of hydrogen-bond donors (Lipinski definition) is 4. The summed E-state index contributed by atoms with van der Waals surface area (Å²) >= 11 is 0. The third-order valence-electron chi connectivity index (χ3n) is 6.48. The van der Waals surface area contributed by atoms with Crippen LogP contribution in [-0.2, 0) is 16.1 Å². The van der Waals surface area contributed by atoms with Gasteiger partial charge in [-0.15, -0.1) is 0 Å². The fraction of sp³-hybridized carbons (Fsp3) is 0.696. The van der Waals surface area contributed by atoms with Crippen molar-refractivity contribution in [1.82, 2.24) is 30.0 Å². The Kier molecular flexibility index (Phi) is 9.13. The van der Waals surface area contributed by atoms with Crippen LogP contribution in [0.1, 0.15) is 58.2 Å². The number of amides is 1. The summed E-state index contributed by atoms with van der Waals surface area (Å²) in [5, 5.41) is 13.5. The van der Waals surface area contributed by atoms with E-state index in [2.05, 4.69) is 38.9 Å². The number of imidazole rings is 1. The van der Waals surface area contributed by atoms with Gasteiger partial charge in [-0.05, 0) is 51.1 Å². The second kappa shape index (κ2) is 12.0. The average molecular weight is 462 g/mol. The van der Waals surface area contributed by atoms with Gasteiger partial charge in [0.05, 0.1) is 12.7 Å². The van der Waals surface area contributed by atoms with E-state index in [1.807, 2.05) is 11.1 Å². The fourth-order valence-electron chi connectivity index (χ4n) is 5.12. The maximum absolute atomic E-state index is 12.3. The SMILES string of the molecule is CCCN(CCC)C(CCC(N)=O)N1C(C(=O)O)=CN2CC(CNCc3ncc[nH]3)CCC21. The Labute approximate surface area is 196 Å². The quantitative estimate of drug-likeness (QED) is 0.328. The third-order valence-corrected chi connectivity index (χ3v) is 6.48. The highest BCUT2D eigenvalue weighted by Gasteiger charge is 2.43. The van der Waals surface area contributed by atoms with Crippen molar-refractivity contribution in [3.8, 4) is 0 Å². The zero-order valence-electron chi connectivity index (χ0n) is 19.9. The molecule has 0 saturated carbocycles. The van der Waals surface area contributed by atoms with E-state index >= 15 is 0 Å². The summed E-state index contributed by atoms with van der Waals surface area (Å²) in [6.45, 7) is 8.29. The molecule has 3 atom stereocenters. The fourth-order valence-corrected chi connectivity index (χ4v) is 5.12. The first kappa shape index (κ1) is 25.0. The summed E-state index contributed by atoms with van der Waals surface area (Å²) in [4.78, 5) is 37.7. The van der Waals surface area contributed by atoms with Crippen molar-refractivity contribution in [3.63, 3.8) is 0 Å². The largest absolute Gasteiger partial charge is 0.477 e. The van der Waals surface area contributed by atoms with E-state index in [4.69, 9.17) is 5.73 Å². The first-order chi connectivity index (χ1) is 15.9. The van der Waals surface area contributed by atoms with Gasteiger partial charge < -0.3 is 30.9 Å². The molecule has 0 aromatic carbocycles. The molecule has 1 fully saturated rings. The average Bonchev–Trinajstić information content (AvgIpc) is 3.42. The summed E-state index contributed by atoms with van der Waals surface area (Å²) in [5.41, 5.74) is 5.80. The molecular weight excluding hydrogens is 422 g/mol. The topological polar surface area (TPSA) is 131 Å². The number of carbonyl (C=O) groups is 2. The Morgan fingerprint density at radius 1 is 1.33 bits per heavy atom. The molecule has 3 unspecified atom stereocenters. The molecule has 184 valence electrons. The maximum Gasteiger partial charge on any atom is 0.353 e. The van der Waals surface area contributed by atoms with Crippen LogP contribution >= 0.6 is 0 Å². The number of primary amides is 1. The van der Waals surface area contributed by atoms with Crippen LogP contribution in [0.4, 0.5) is 0 Å². The first-order valence-electron chi connectivity index (χ1n) is 12.1. The van der Waals surface area contributed by atoms with E-state index in [9.17, 15) is 14.7 Å². The van der Waals surface area contributed by atoms with Crippen LogP contribution < -0.4 is 11.1 Å². The summed E-state index contributed by atoms with van der Waals surface area (Å²) < 4.78 is 0. The predicted molar refractivity (Wildman–Crippen MR) is 125 cm³/mol. The smallest absolute Gasteiger partial charge is 0.353 e. The van der Waals surface area contributed by atoms with Crippen molar-refractivity contribution < 1.29 is 14.7 Å². The van der Waals surface area contributed by atoms with E-state index in [-0.39, 0.29) is 24.7 Å². The van der Waals surface area contributed by atoms with Gasteiger partial charge in [-0.3, -0.25) is 9.69 Å². The lowest BCUT2D eigenvalue weighted by Gasteiger charge is -2.46. The molecule has 1 amide bonds. The molecule has 3 rings (SSSR count). The van der Waals surface area contributed by atoms with Crippen molar-refractivity contribution in [2.24, 2.45) is 11.7 Å². The standard InChI is InChI=1S/C23H39N7O3/c1-3-11-28(12-4-2)21(8-6-19(24)31)30-18(23(32)33)16-29-15-17(5-7-22(29)30)13-25-14-20-26-9-10-27-20/h9-10,16-17,21-22,25H,3-8,11-15H2,1-2H3,(H2,24,31)(H,26,27)(H,32,33).